The molecule has 0 amide bonds. The fourth-order valence-electron chi connectivity index (χ4n) is 4.31. The van der Waals surface area contributed by atoms with E-state index in [1.807, 2.05) is 18.2 Å². The molecule has 1 fully saturated rings. The second kappa shape index (κ2) is 8.88. The molecule has 156 valence electrons. The third-order valence-corrected chi connectivity index (χ3v) is 5.88. The van der Waals surface area contributed by atoms with Crippen molar-refractivity contribution in [1.82, 2.24) is 14.9 Å². The Bertz CT molecular complexity index is 996. The largest absolute Gasteiger partial charge is 0.424 e. The van der Waals surface area contributed by atoms with E-state index in [-0.39, 0.29) is 29.5 Å². The normalized spacial score (nSPS) is 22.1. The van der Waals surface area contributed by atoms with Gasteiger partial charge in [-0.15, -0.1) is 0 Å². The minimum absolute atomic E-state index is 0.115. The van der Waals surface area contributed by atoms with Crippen LogP contribution in [0.2, 0.25) is 0 Å². The Hall–Kier alpha value is -2.86. The molecular formula is C24H25F2N3O. The summed E-state index contributed by atoms with van der Waals surface area (Å²) in [5.41, 5.74) is 1.98. The van der Waals surface area contributed by atoms with E-state index in [4.69, 9.17) is 4.74 Å². The molecule has 0 N–H and O–H groups in total. The first-order chi connectivity index (χ1) is 14.5. The van der Waals surface area contributed by atoms with Gasteiger partial charge in [-0.2, -0.15) is 4.98 Å². The number of likely N-dealkylation sites (tertiary alicyclic amines) is 1. The first kappa shape index (κ1) is 20.4. The molecule has 0 spiro atoms. The van der Waals surface area contributed by atoms with Crippen LogP contribution in [0.15, 0.2) is 60.8 Å². The molecule has 0 saturated carbocycles. The molecule has 3 aromatic rings. The van der Waals surface area contributed by atoms with Crippen LogP contribution in [-0.2, 0) is 0 Å². The van der Waals surface area contributed by atoms with Crippen molar-refractivity contribution in [3.05, 3.63) is 83.7 Å². The van der Waals surface area contributed by atoms with Crippen molar-refractivity contribution < 1.29 is 13.5 Å². The lowest BCUT2D eigenvalue weighted by molar-refractivity contribution is 0.133. The van der Waals surface area contributed by atoms with Crippen LogP contribution >= 0.6 is 0 Å². The quantitative estimate of drug-likeness (QED) is 0.555. The lowest BCUT2D eigenvalue weighted by Crippen LogP contribution is -2.44. The van der Waals surface area contributed by atoms with Crippen molar-refractivity contribution in [2.45, 2.75) is 38.1 Å². The smallest absolute Gasteiger partial charge is 0.322 e. The topological polar surface area (TPSA) is 38.2 Å². The Kier molecular flexibility index (Phi) is 6.04. The Balaban J connectivity index is 1.65. The van der Waals surface area contributed by atoms with Gasteiger partial charge in [-0.1, -0.05) is 25.1 Å². The first-order valence-electron chi connectivity index (χ1n) is 10.3. The zero-order valence-corrected chi connectivity index (χ0v) is 17.1. The summed E-state index contributed by atoms with van der Waals surface area (Å²) >= 11 is 0. The van der Waals surface area contributed by atoms with Gasteiger partial charge in [0.1, 0.15) is 17.4 Å². The van der Waals surface area contributed by atoms with E-state index in [2.05, 4.69) is 28.7 Å². The Morgan fingerprint density at radius 2 is 1.83 bits per heavy atom. The molecule has 1 aliphatic heterocycles. The maximum absolute atomic E-state index is 13.5. The van der Waals surface area contributed by atoms with Crippen LogP contribution in [0.4, 0.5) is 8.78 Å². The van der Waals surface area contributed by atoms with Gasteiger partial charge in [0.05, 0.1) is 5.69 Å². The minimum atomic E-state index is -0.375. The van der Waals surface area contributed by atoms with E-state index in [9.17, 15) is 8.78 Å². The minimum Gasteiger partial charge on any atom is -0.424 e. The van der Waals surface area contributed by atoms with Crippen LogP contribution in [-0.4, -0.2) is 34.0 Å². The van der Waals surface area contributed by atoms with Crippen molar-refractivity contribution in [2.75, 3.05) is 13.1 Å². The molecule has 3 unspecified atom stereocenters. The number of hydrogen-bond acceptors (Lipinski definition) is 4. The molecule has 3 atom stereocenters. The van der Waals surface area contributed by atoms with Crippen LogP contribution in [0.5, 0.6) is 11.8 Å². The number of aromatic nitrogens is 2. The highest BCUT2D eigenvalue weighted by atomic mass is 19.1. The second-order valence-corrected chi connectivity index (χ2v) is 7.76. The highest BCUT2D eigenvalue weighted by Gasteiger charge is 2.35. The van der Waals surface area contributed by atoms with E-state index in [1.165, 1.54) is 24.3 Å². The average Bonchev–Trinajstić information content (AvgIpc) is 2.74. The van der Waals surface area contributed by atoms with Crippen LogP contribution < -0.4 is 4.74 Å². The summed E-state index contributed by atoms with van der Waals surface area (Å²) in [5.74, 6) is 0.0709. The summed E-state index contributed by atoms with van der Waals surface area (Å²) in [6.45, 7) is 6.18. The monoisotopic (exact) mass is 409 g/mol. The molecule has 4 nitrogen and oxygen atoms in total. The number of hydrogen-bond donors (Lipinski definition) is 0. The second-order valence-electron chi connectivity index (χ2n) is 7.76. The Morgan fingerprint density at radius 3 is 2.57 bits per heavy atom. The van der Waals surface area contributed by atoms with Crippen LogP contribution in [0.25, 0.3) is 0 Å². The van der Waals surface area contributed by atoms with E-state index >= 15 is 0 Å². The third-order valence-electron chi connectivity index (χ3n) is 5.88. The average molecular weight is 409 g/mol. The van der Waals surface area contributed by atoms with E-state index in [0.717, 1.165) is 30.8 Å². The lowest BCUT2D eigenvalue weighted by Gasteiger charge is -2.42. The van der Waals surface area contributed by atoms with Gasteiger partial charge in [-0.25, -0.2) is 13.8 Å². The maximum atomic E-state index is 13.5. The van der Waals surface area contributed by atoms with Gasteiger partial charge in [0.2, 0.25) is 0 Å². The third kappa shape index (κ3) is 4.49. The van der Waals surface area contributed by atoms with Gasteiger partial charge in [0.25, 0.3) is 0 Å². The van der Waals surface area contributed by atoms with Gasteiger partial charge >= 0.3 is 6.01 Å². The zero-order chi connectivity index (χ0) is 21.1. The number of likely N-dealkylation sites (N-methyl/N-ethyl adjacent to an activating group) is 1. The fourth-order valence-corrected chi connectivity index (χ4v) is 4.31. The molecule has 6 heteroatoms. The summed E-state index contributed by atoms with van der Waals surface area (Å²) in [6.07, 6.45) is 2.63. The first-order valence-corrected chi connectivity index (χ1v) is 10.3. The SMILES string of the molecule is CCN1CC(c2ccnc(Oc3cccc(F)c3)n2)C(c2ccc(F)cc2)CC1C. The predicted molar refractivity (Wildman–Crippen MR) is 112 cm³/mol. The highest BCUT2D eigenvalue weighted by molar-refractivity contribution is 5.29. The zero-order valence-electron chi connectivity index (χ0n) is 17.1. The fraction of sp³-hybridized carbons (Fsp3) is 0.333. The summed E-state index contributed by atoms with van der Waals surface area (Å²) < 4.78 is 32.7. The van der Waals surface area contributed by atoms with Gasteiger partial charge in [-0.05, 0) is 61.7 Å². The number of nitrogens with zero attached hydrogens (tertiary/aromatic N) is 3. The standard InChI is InChI=1S/C24H25F2N3O/c1-3-29-15-22(21(13-16(29)2)17-7-9-18(25)10-8-17)23-11-12-27-24(28-23)30-20-6-4-5-19(26)14-20/h4-12,14,16,21-22H,3,13,15H2,1-2H3. The van der Waals surface area contributed by atoms with Gasteiger partial charge in [-0.3, -0.25) is 0 Å². The molecule has 0 bridgehead atoms. The van der Waals surface area contributed by atoms with Crippen molar-refractivity contribution in [3.63, 3.8) is 0 Å². The molecule has 30 heavy (non-hydrogen) atoms. The Labute approximate surface area is 175 Å². The molecule has 0 radical (unpaired) electrons. The number of ether oxygens (including phenoxy) is 1. The molecule has 4 rings (SSSR count). The number of piperidine rings is 1. The van der Waals surface area contributed by atoms with Crippen molar-refractivity contribution in [3.8, 4) is 11.8 Å². The Morgan fingerprint density at radius 1 is 1.03 bits per heavy atom. The van der Waals surface area contributed by atoms with E-state index in [1.54, 1.807) is 18.3 Å². The summed E-state index contributed by atoms with van der Waals surface area (Å²) in [4.78, 5) is 11.3. The van der Waals surface area contributed by atoms with E-state index < -0.39 is 0 Å². The van der Waals surface area contributed by atoms with Gasteiger partial charge in [0.15, 0.2) is 0 Å². The highest BCUT2D eigenvalue weighted by Crippen LogP contribution is 2.41. The number of benzene rings is 2. The van der Waals surface area contributed by atoms with E-state index in [0.29, 0.717) is 11.8 Å². The molecule has 1 aromatic heterocycles. The van der Waals surface area contributed by atoms with Gasteiger partial charge in [0, 0.05) is 30.8 Å². The number of halogens is 2. The molecule has 1 saturated heterocycles. The lowest BCUT2D eigenvalue weighted by atomic mass is 9.76. The molecule has 2 aromatic carbocycles. The van der Waals surface area contributed by atoms with Crippen LogP contribution in [0.1, 0.15) is 43.4 Å². The van der Waals surface area contributed by atoms with Crippen molar-refractivity contribution >= 4 is 0 Å². The van der Waals surface area contributed by atoms with Gasteiger partial charge < -0.3 is 9.64 Å². The molecule has 2 heterocycles. The van der Waals surface area contributed by atoms with Crippen LogP contribution in [0.3, 0.4) is 0 Å². The summed E-state index contributed by atoms with van der Waals surface area (Å²) in [7, 11) is 0. The number of rotatable bonds is 5. The van der Waals surface area contributed by atoms with Crippen molar-refractivity contribution in [1.29, 1.82) is 0 Å². The molecule has 1 aliphatic rings. The molecule has 0 aliphatic carbocycles. The summed E-state index contributed by atoms with van der Waals surface area (Å²) in [5, 5.41) is 0. The summed E-state index contributed by atoms with van der Waals surface area (Å²) in [6, 6.07) is 15.2. The van der Waals surface area contributed by atoms with Crippen molar-refractivity contribution in [2.24, 2.45) is 0 Å². The predicted octanol–water partition coefficient (Wildman–Crippen LogP) is 5.53. The maximum Gasteiger partial charge on any atom is 0.322 e. The molecular weight excluding hydrogens is 384 g/mol. The van der Waals surface area contributed by atoms with Crippen LogP contribution in [0, 0.1) is 11.6 Å².